The summed E-state index contributed by atoms with van der Waals surface area (Å²) in [7, 11) is 1.96. The van der Waals surface area contributed by atoms with Crippen molar-refractivity contribution >= 4 is 15.9 Å². The Balaban J connectivity index is 2.56. The van der Waals surface area contributed by atoms with Crippen LogP contribution < -0.4 is 0 Å². The molecule has 3 heteroatoms. The second-order valence-corrected chi connectivity index (χ2v) is 4.98. The van der Waals surface area contributed by atoms with Crippen LogP contribution in [0.15, 0.2) is 12.3 Å². The summed E-state index contributed by atoms with van der Waals surface area (Å²) in [6, 6.07) is 2.10. The summed E-state index contributed by atoms with van der Waals surface area (Å²) >= 11 is 3.63. The van der Waals surface area contributed by atoms with Crippen molar-refractivity contribution < 1.29 is 0 Å². The van der Waals surface area contributed by atoms with Crippen LogP contribution in [0.4, 0.5) is 0 Å². The number of hydrogen-bond donors (Lipinski definition) is 0. The summed E-state index contributed by atoms with van der Waals surface area (Å²) in [5.74, 6) is 0.690. The molecule has 0 saturated heterocycles. The smallest absolute Gasteiger partial charge is 0.0627 e. The van der Waals surface area contributed by atoms with Gasteiger partial charge >= 0.3 is 0 Å². The second kappa shape index (κ2) is 4.80. The van der Waals surface area contributed by atoms with E-state index in [4.69, 9.17) is 0 Å². The van der Waals surface area contributed by atoms with Crippen LogP contribution >= 0.6 is 15.9 Å². The first-order valence-electron chi connectivity index (χ1n) is 4.76. The average Bonchev–Trinajstić information content (AvgIpc) is 2.46. The maximum absolute atomic E-state index is 4.38. The van der Waals surface area contributed by atoms with Crippen molar-refractivity contribution in [3.05, 3.63) is 18.0 Å². The molecule has 1 rings (SSSR count). The van der Waals surface area contributed by atoms with Gasteiger partial charge in [0.25, 0.3) is 0 Å². The SMILES string of the molecule is CCC(Cc1ccn(C)n1)C(C)Br. The first-order valence-corrected chi connectivity index (χ1v) is 5.67. The molecule has 2 atom stereocenters. The third kappa shape index (κ3) is 3.14. The molecule has 0 aliphatic carbocycles. The highest BCUT2D eigenvalue weighted by Crippen LogP contribution is 2.20. The predicted octanol–water partition coefficient (Wildman–Crippen LogP) is 2.77. The fourth-order valence-electron chi connectivity index (χ4n) is 1.47. The van der Waals surface area contributed by atoms with E-state index in [2.05, 4.69) is 40.9 Å². The van der Waals surface area contributed by atoms with Gasteiger partial charge in [-0.3, -0.25) is 4.68 Å². The first kappa shape index (κ1) is 10.8. The number of rotatable bonds is 4. The molecule has 74 valence electrons. The molecule has 1 aromatic rings. The van der Waals surface area contributed by atoms with Crippen LogP contribution in [0.2, 0.25) is 0 Å². The topological polar surface area (TPSA) is 17.8 Å². The van der Waals surface area contributed by atoms with Crippen molar-refractivity contribution in [3.8, 4) is 0 Å². The molecule has 13 heavy (non-hydrogen) atoms. The summed E-state index contributed by atoms with van der Waals surface area (Å²) < 4.78 is 1.86. The van der Waals surface area contributed by atoms with E-state index in [-0.39, 0.29) is 0 Å². The summed E-state index contributed by atoms with van der Waals surface area (Å²) in [5.41, 5.74) is 1.20. The van der Waals surface area contributed by atoms with E-state index < -0.39 is 0 Å². The third-order valence-corrected chi connectivity index (χ3v) is 3.16. The Bertz CT molecular complexity index is 255. The second-order valence-electron chi connectivity index (χ2n) is 3.53. The minimum absolute atomic E-state index is 0.569. The van der Waals surface area contributed by atoms with E-state index in [1.807, 2.05) is 17.9 Å². The molecule has 0 spiro atoms. The summed E-state index contributed by atoms with van der Waals surface area (Å²) in [5, 5.41) is 4.38. The summed E-state index contributed by atoms with van der Waals surface area (Å²) in [6.45, 7) is 4.43. The number of alkyl halides is 1. The van der Waals surface area contributed by atoms with Gasteiger partial charge < -0.3 is 0 Å². The number of hydrogen-bond acceptors (Lipinski definition) is 1. The Morgan fingerprint density at radius 2 is 2.31 bits per heavy atom. The fourth-order valence-corrected chi connectivity index (χ4v) is 2.03. The van der Waals surface area contributed by atoms with Gasteiger partial charge in [-0.05, 0) is 18.4 Å². The summed E-state index contributed by atoms with van der Waals surface area (Å²) in [6.07, 6.45) is 4.27. The zero-order valence-electron chi connectivity index (χ0n) is 8.50. The van der Waals surface area contributed by atoms with Gasteiger partial charge in [0, 0.05) is 18.1 Å². The van der Waals surface area contributed by atoms with Crippen LogP contribution in [0, 0.1) is 5.92 Å². The lowest BCUT2D eigenvalue weighted by Crippen LogP contribution is -2.13. The highest BCUT2D eigenvalue weighted by atomic mass is 79.9. The Kier molecular flexibility index (Phi) is 3.97. The van der Waals surface area contributed by atoms with Gasteiger partial charge in [-0.25, -0.2) is 0 Å². The lowest BCUT2D eigenvalue weighted by Gasteiger charge is -2.15. The lowest BCUT2D eigenvalue weighted by molar-refractivity contribution is 0.499. The maximum atomic E-state index is 4.38. The van der Waals surface area contributed by atoms with Crippen LogP contribution in [0.1, 0.15) is 26.0 Å². The van der Waals surface area contributed by atoms with Crippen LogP contribution in [0.5, 0.6) is 0 Å². The molecule has 0 fully saturated rings. The molecule has 0 bridgehead atoms. The molecule has 1 aromatic heterocycles. The van der Waals surface area contributed by atoms with Crippen molar-refractivity contribution in [2.24, 2.45) is 13.0 Å². The van der Waals surface area contributed by atoms with E-state index in [0.717, 1.165) is 6.42 Å². The normalized spacial score (nSPS) is 15.7. The van der Waals surface area contributed by atoms with Gasteiger partial charge in [-0.15, -0.1) is 0 Å². The Labute approximate surface area is 88.5 Å². The largest absolute Gasteiger partial charge is 0.276 e. The molecule has 0 aliphatic heterocycles. The molecule has 1 heterocycles. The molecule has 2 nitrogen and oxygen atoms in total. The van der Waals surface area contributed by atoms with Crippen LogP contribution in [-0.4, -0.2) is 14.6 Å². The van der Waals surface area contributed by atoms with E-state index in [0.29, 0.717) is 10.7 Å². The van der Waals surface area contributed by atoms with Gasteiger partial charge in [-0.1, -0.05) is 36.2 Å². The van der Waals surface area contributed by atoms with Gasteiger partial charge in [-0.2, -0.15) is 5.10 Å². The van der Waals surface area contributed by atoms with Gasteiger partial charge in [0.2, 0.25) is 0 Å². The maximum Gasteiger partial charge on any atom is 0.0627 e. The highest BCUT2D eigenvalue weighted by Gasteiger charge is 2.14. The average molecular weight is 245 g/mol. The molecule has 0 aromatic carbocycles. The van der Waals surface area contributed by atoms with E-state index in [9.17, 15) is 0 Å². The minimum Gasteiger partial charge on any atom is -0.276 e. The fraction of sp³-hybridized carbons (Fsp3) is 0.700. The predicted molar refractivity (Wildman–Crippen MR) is 59.1 cm³/mol. The van der Waals surface area contributed by atoms with Crippen LogP contribution in [0.25, 0.3) is 0 Å². The molecular weight excluding hydrogens is 228 g/mol. The lowest BCUT2D eigenvalue weighted by atomic mass is 9.98. The number of aromatic nitrogens is 2. The van der Waals surface area contributed by atoms with E-state index >= 15 is 0 Å². The monoisotopic (exact) mass is 244 g/mol. The van der Waals surface area contributed by atoms with Crippen molar-refractivity contribution in [1.82, 2.24) is 9.78 Å². The van der Waals surface area contributed by atoms with Crippen LogP contribution in [0.3, 0.4) is 0 Å². The number of nitrogens with zero attached hydrogens (tertiary/aromatic N) is 2. The van der Waals surface area contributed by atoms with Gasteiger partial charge in [0.15, 0.2) is 0 Å². The standard InChI is InChI=1S/C10H17BrN2/c1-4-9(8(2)11)7-10-5-6-13(3)12-10/h5-6,8-9H,4,7H2,1-3H3. The quantitative estimate of drug-likeness (QED) is 0.746. The number of halogens is 1. The van der Waals surface area contributed by atoms with E-state index in [1.165, 1.54) is 12.1 Å². The summed E-state index contributed by atoms with van der Waals surface area (Å²) in [4.78, 5) is 0.569. The highest BCUT2D eigenvalue weighted by molar-refractivity contribution is 9.09. The van der Waals surface area contributed by atoms with Gasteiger partial charge in [0.1, 0.15) is 0 Å². The third-order valence-electron chi connectivity index (χ3n) is 2.41. The van der Waals surface area contributed by atoms with Crippen molar-refractivity contribution in [1.29, 1.82) is 0 Å². The van der Waals surface area contributed by atoms with Crippen molar-refractivity contribution in [3.63, 3.8) is 0 Å². The molecule has 0 N–H and O–H groups in total. The Morgan fingerprint density at radius 3 is 2.69 bits per heavy atom. The van der Waals surface area contributed by atoms with Crippen molar-refractivity contribution in [2.75, 3.05) is 0 Å². The molecule has 0 amide bonds. The number of aryl methyl sites for hydroxylation is 1. The zero-order chi connectivity index (χ0) is 9.84. The zero-order valence-corrected chi connectivity index (χ0v) is 10.1. The molecular formula is C10H17BrN2. The Hall–Kier alpha value is -0.310. The van der Waals surface area contributed by atoms with Gasteiger partial charge in [0.05, 0.1) is 5.69 Å². The Morgan fingerprint density at radius 1 is 1.62 bits per heavy atom. The molecule has 0 aliphatic rings. The van der Waals surface area contributed by atoms with Crippen molar-refractivity contribution in [2.45, 2.75) is 31.5 Å². The van der Waals surface area contributed by atoms with E-state index in [1.54, 1.807) is 0 Å². The molecule has 0 radical (unpaired) electrons. The molecule has 2 unspecified atom stereocenters. The van der Waals surface area contributed by atoms with Crippen LogP contribution in [-0.2, 0) is 13.5 Å². The molecule has 0 saturated carbocycles. The first-order chi connectivity index (χ1) is 6.13. The minimum atomic E-state index is 0.569.